The first-order valence-electron chi connectivity index (χ1n) is 24.2. The van der Waals surface area contributed by atoms with Crippen molar-refractivity contribution in [1.29, 1.82) is 0 Å². The Bertz CT molecular complexity index is 2850. The van der Waals surface area contributed by atoms with Crippen LogP contribution in [0.1, 0.15) is 109 Å². The number of alkyl carbamates (subject to hydrolysis) is 1. The third-order valence-corrected chi connectivity index (χ3v) is 13.7. The van der Waals surface area contributed by atoms with Crippen LogP contribution in [0.2, 0.25) is 0 Å². The van der Waals surface area contributed by atoms with Gasteiger partial charge in [0.25, 0.3) is 11.5 Å². The van der Waals surface area contributed by atoms with Crippen molar-refractivity contribution in [1.82, 2.24) is 20.2 Å². The van der Waals surface area contributed by atoms with Crippen molar-refractivity contribution in [2.75, 3.05) is 39.5 Å². The van der Waals surface area contributed by atoms with Gasteiger partial charge in [0.2, 0.25) is 12.4 Å². The van der Waals surface area contributed by atoms with Crippen molar-refractivity contribution in [2.24, 2.45) is 11.7 Å². The topological polar surface area (TPSA) is 264 Å². The van der Waals surface area contributed by atoms with Crippen molar-refractivity contribution >= 4 is 40.8 Å². The van der Waals surface area contributed by atoms with Gasteiger partial charge in [-0.2, -0.15) is 0 Å². The van der Waals surface area contributed by atoms with Crippen LogP contribution in [0, 0.1) is 18.7 Å². The number of aromatic nitrogens is 2. The monoisotopic (exact) mass is 1000 g/mol. The van der Waals surface area contributed by atoms with Crippen molar-refractivity contribution in [3.63, 3.8) is 0 Å². The molecule has 2 amide bonds. The maximum atomic E-state index is 15.5. The Morgan fingerprint density at radius 1 is 0.986 bits per heavy atom. The maximum Gasteiger partial charge on any atom is 0.407 e. The lowest BCUT2D eigenvalue weighted by atomic mass is 9.81. The fraction of sp³-hybridized carbons (Fsp3) is 0.510. The second-order valence-electron chi connectivity index (χ2n) is 18.3. The highest BCUT2D eigenvalue weighted by atomic mass is 19.1. The number of rotatable bonds is 18. The number of carbonyl (C=O) groups is 5. The van der Waals surface area contributed by atoms with Gasteiger partial charge in [-0.3, -0.25) is 19.2 Å². The number of cyclic esters (lactones) is 1. The van der Waals surface area contributed by atoms with E-state index in [-0.39, 0.29) is 68.4 Å². The number of fused-ring (bicyclic) bond motifs is 5. The number of nitrogens with two attached hydrogens (primary N) is 1. The van der Waals surface area contributed by atoms with Crippen LogP contribution >= 0.6 is 0 Å². The van der Waals surface area contributed by atoms with E-state index in [2.05, 4.69) is 10.6 Å². The molecular weight excluding hydrogens is 942 g/mol. The molecule has 8 rings (SSSR count). The number of hydrogen-bond acceptors (Lipinski definition) is 17. The molecule has 20 nitrogen and oxygen atoms in total. The molecule has 1 saturated heterocycles. The number of aryl methyl sites for hydroxylation is 1. The molecule has 0 saturated carbocycles. The Morgan fingerprint density at radius 2 is 1.72 bits per heavy atom. The maximum absolute atomic E-state index is 15.5. The minimum atomic E-state index is -2.06. The quantitative estimate of drug-likeness (QED) is 0.0545. The first-order valence-corrected chi connectivity index (χ1v) is 24.2. The summed E-state index contributed by atoms with van der Waals surface area (Å²) in [7, 11) is 0. The molecule has 0 unspecified atom stereocenters. The van der Waals surface area contributed by atoms with E-state index in [1.807, 2.05) is 13.8 Å². The number of benzene rings is 2. The summed E-state index contributed by atoms with van der Waals surface area (Å²) in [6.07, 6.45) is -3.59. The van der Waals surface area contributed by atoms with E-state index in [0.29, 0.717) is 83.6 Å². The number of aliphatic hydroxyl groups is 1. The van der Waals surface area contributed by atoms with Crippen molar-refractivity contribution < 1.29 is 71.4 Å². The van der Waals surface area contributed by atoms with Gasteiger partial charge in [-0.15, -0.1) is 0 Å². The Labute approximate surface area is 413 Å². The number of halogens is 1. The predicted octanol–water partition coefficient (Wildman–Crippen LogP) is 4.18. The fourth-order valence-corrected chi connectivity index (χ4v) is 10.1. The number of nitrogens with zero attached hydrogens (tertiary/aromatic N) is 2. The van der Waals surface area contributed by atoms with Gasteiger partial charge in [-0.05, 0) is 73.1 Å². The number of esters is 3. The number of carbonyl (C=O) groups excluding carboxylic acids is 5. The molecule has 7 atom stereocenters. The van der Waals surface area contributed by atoms with E-state index in [0.717, 1.165) is 5.56 Å². The van der Waals surface area contributed by atoms with E-state index in [1.54, 1.807) is 26.0 Å². The highest BCUT2D eigenvalue weighted by Gasteiger charge is 2.49. The zero-order valence-corrected chi connectivity index (χ0v) is 41.1. The molecule has 386 valence electrons. The second-order valence-corrected chi connectivity index (χ2v) is 18.3. The van der Waals surface area contributed by atoms with Crippen molar-refractivity contribution in [2.45, 2.75) is 123 Å². The van der Waals surface area contributed by atoms with Gasteiger partial charge in [0.05, 0.1) is 73.1 Å². The van der Waals surface area contributed by atoms with E-state index < -0.39 is 83.4 Å². The molecule has 2 aromatic carbocycles. The third kappa shape index (κ3) is 10.1. The molecule has 5 N–H and O–H groups in total. The number of nitrogens with one attached hydrogen (secondary N) is 2. The summed E-state index contributed by atoms with van der Waals surface area (Å²) in [6, 6.07) is 6.75. The standard InChI is InChI=1S/C51H60FN5O15/c1-7-39-26(4)44(69-27(5)58)45(70-28(6)59)48(71-39)72-40-12-9-29(19-31(40)46(60)54-14-16-66-18-17-65-15-13-53)23-68-50(63)56-36-11-10-30-25(3)35(52)21-37-41(30)42(36)32-22-57-38(43(32)55-37)20-34-33(47(57)61)24-67-49(62)51(34,64)8-2/h9,12,19-21,26,36,39,44-45,48,64H,7-8,10-11,13-18,22-24,53H2,1-6H3,(H,54,60)(H,56,63)/t26-,36+,39-,44+,45-,48+,51+/m1/s1. The number of ether oxygens (including phenoxy) is 8. The Morgan fingerprint density at radius 3 is 2.43 bits per heavy atom. The molecule has 72 heavy (non-hydrogen) atoms. The minimum absolute atomic E-state index is 0.00897. The summed E-state index contributed by atoms with van der Waals surface area (Å²) in [4.78, 5) is 84.3. The molecule has 5 heterocycles. The van der Waals surface area contributed by atoms with Gasteiger partial charge in [0.1, 0.15) is 30.9 Å². The number of hydrogen-bond donors (Lipinski definition) is 4. The summed E-state index contributed by atoms with van der Waals surface area (Å²) in [5.74, 6) is -3.56. The van der Waals surface area contributed by atoms with Crippen LogP contribution in [0.25, 0.3) is 22.3 Å². The van der Waals surface area contributed by atoms with Crippen LogP contribution in [0.15, 0.2) is 35.1 Å². The number of pyridine rings is 2. The molecule has 4 aromatic rings. The van der Waals surface area contributed by atoms with Gasteiger partial charge in [-0.1, -0.05) is 26.8 Å². The third-order valence-electron chi connectivity index (χ3n) is 13.7. The molecular formula is C51H60FN5O15. The van der Waals surface area contributed by atoms with Gasteiger partial charge >= 0.3 is 24.0 Å². The Hall–Kier alpha value is -6.52. The highest BCUT2D eigenvalue weighted by molar-refractivity contribution is 5.97. The smallest absolute Gasteiger partial charge is 0.407 e. The van der Waals surface area contributed by atoms with Gasteiger partial charge < -0.3 is 63.9 Å². The van der Waals surface area contributed by atoms with Crippen LogP contribution in [0.4, 0.5) is 9.18 Å². The SMILES string of the molecule is CC[C@H]1O[C@@H](Oc2ccc(COC(=O)N[C@H]3CCc4c(C)c(F)cc5nc6c(c3c45)Cn3c-6cc4c(c3=O)COC(=O)[C@]4(O)CC)cc2C(=O)NCCOCCOCCN)[C@H](OC(C)=O)[C@@H](OC(C)=O)[C@@H]1C. The molecule has 3 aliphatic heterocycles. The fourth-order valence-electron chi connectivity index (χ4n) is 10.1. The van der Waals surface area contributed by atoms with Crippen LogP contribution in [-0.4, -0.2) is 109 Å². The highest BCUT2D eigenvalue weighted by Crippen LogP contribution is 2.46. The van der Waals surface area contributed by atoms with E-state index in [1.165, 1.54) is 36.6 Å². The summed E-state index contributed by atoms with van der Waals surface area (Å²) in [6.45, 7) is 10.4. The van der Waals surface area contributed by atoms with Crippen LogP contribution in [0.3, 0.4) is 0 Å². The van der Waals surface area contributed by atoms with E-state index >= 15 is 4.39 Å². The van der Waals surface area contributed by atoms with Crippen molar-refractivity contribution in [3.8, 4) is 17.1 Å². The van der Waals surface area contributed by atoms with E-state index in [9.17, 15) is 33.9 Å². The lowest BCUT2D eigenvalue weighted by Crippen LogP contribution is -2.58. The van der Waals surface area contributed by atoms with Crippen LogP contribution in [0.5, 0.6) is 5.75 Å². The summed E-state index contributed by atoms with van der Waals surface area (Å²) in [5.41, 5.74) is 7.00. The van der Waals surface area contributed by atoms with Gasteiger partial charge in [0, 0.05) is 55.4 Å². The van der Waals surface area contributed by atoms with Crippen molar-refractivity contribution in [3.05, 3.63) is 91.0 Å². The molecule has 0 spiro atoms. The van der Waals surface area contributed by atoms with E-state index in [4.69, 9.17) is 48.6 Å². The first kappa shape index (κ1) is 51.8. The molecule has 4 aliphatic rings. The predicted molar refractivity (Wildman–Crippen MR) is 253 cm³/mol. The molecule has 0 radical (unpaired) electrons. The van der Waals surface area contributed by atoms with Crippen LogP contribution in [-0.2, 0) is 79.3 Å². The summed E-state index contributed by atoms with van der Waals surface area (Å²) >= 11 is 0. The minimum Gasteiger partial charge on any atom is -0.460 e. The largest absolute Gasteiger partial charge is 0.460 e. The molecule has 2 aromatic heterocycles. The molecule has 0 bridgehead atoms. The average molecular weight is 1000 g/mol. The lowest BCUT2D eigenvalue weighted by molar-refractivity contribution is -0.266. The van der Waals surface area contributed by atoms with Gasteiger partial charge in [-0.25, -0.2) is 19.0 Å². The lowest BCUT2D eigenvalue weighted by Gasteiger charge is -2.43. The number of amides is 2. The summed E-state index contributed by atoms with van der Waals surface area (Å²) in [5, 5.41) is 17.9. The van der Waals surface area contributed by atoms with Gasteiger partial charge in [0.15, 0.2) is 5.60 Å². The average Bonchev–Trinajstić information content (AvgIpc) is 3.72. The molecule has 1 fully saturated rings. The zero-order chi connectivity index (χ0) is 51.6. The van der Waals surface area contributed by atoms with Crippen LogP contribution < -0.4 is 26.7 Å². The Kier molecular flexibility index (Phi) is 15.6. The zero-order valence-electron chi connectivity index (χ0n) is 41.1. The molecule has 21 heteroatoms. The first-order chi connectivity index (χ1) is 34.5. The molecule has 1 aliphatic carbocycles. The normalized spacial score (nSPS) is 22.8. The summed E-state index contributed by atoms with van der Waals surface area (Å²) < 4.78 is 62.9. The Balaban J connectivity index is 1.06. The second kappa shape index (κ2) is 21.7.